The Labute approximate surface area is 172 Å². The van der Waals surface area contributed by atoms with Crippen molar-refractivity contribution in [1.29, 1.82) is 0 Å². The summed E-state index contributed by atoms with van der Waals surface area (Å²) >= 11 is 5.91. The van der Waals surface area contributed by atoms with E-state index < -0.39 is 10.0 Å². The van der Waals surface area contributed by atoms with Gasteiger partial charge in [-0.2, -0.15) is 0 Å². The Bertz CT molecular complexity index is 1330. The number of nitrogens with zero attached hydrogens (tertiary/aromatic N) is 1. The van der Waals surface area contributed by atoms with E-state index in [1.54, 1.807) is 54.9 Å². The number of H-pyrrole nitrogens is 1. The SMILES string of the molecule is CS(=O)(=O)Nc1cccc(-c2cnc3[nH]cc(C(=O)c4ccc(Cl)cc4)c3c2)c1. The van der Waals surface area contributed by atoms with Crippen molar-refractivity contribution in [3.8, 4) is 11.1 Å². The standard InChI is InChI=1S/C21H16ClN3O3S/c1-29(27,28)25-17-4-2-3-14(9-17)15-10-18-19(12-24-21(18)23-11-15)20(26)13-5-7-16(22)8-6-13/h2-12,25H,1H3,(H,23,24). The summed E-state index contributed by atoms with van der Waals surface area (Å²) in [5, 5.41) is 1.25. The van der Waals surface area contributed by atoms with Crippen LogP contribution in [0.15, 0.2) is 67.0 Å². The second kappa shape index (κ2) is 7.35. The molecule has 2 aromatic carbocycles. The van der Waals surface area contributed by atoms with Crippen LogP contribution in [0.2, 0.25) is 5.02 Å². The Kier molecular flexibility index (Phi) is 4.86. The van der Waals surface area contributed by atoms with Crippen LogP contribution in [-0.4, -0.2) is 30.4 Å². The number of nitrogens with one attached hydrogen (secondary N) is 2. The Morgan fingerprint density at radius 2 is 1.83 bits per heavy atom. The number of pyridine rings is 1. The summed E-state index contributed by atoms with van der Waals surface area (Å²) in [5.41, 5.74) is 3.62. The molecule has 0 saturated heterocycles. The number of benzene rings is 2. The van der Waals surface area contributed by atoms with E-state index in [0.29, 0.717) is 32.9 Å². The lowest BCUT2D eigenvalue weighted by Gasteiger charge is -2.07. The summed E-state index contributed by atoms with van der Waals surface area (Å²) in [6.07, 6.45) is 4.41. The van der Waals surface area contributed by atoms with Crippen LogP contribution in [0.1, 0.15) is 15.9 Å². The highest BCUT2D eigenvalue weighted by atomic mass is 35.5. The largest absolute Gasteiger partial charge is 0.345 e. The number of hydrogen-bond acceptors (Lipinski definition) is 4. The van der Waals surface area contributed by atoms with Crippen LogP contribution in [0.25, 0.3) is 22.2 Å². The fourth-order valence-electron chi connectivity index (χ4n) is 3.08. The van der Waals surface area contributed by atoms with Crippen LogP contribution >= 0.6 is 11.6 Å². The van der Waals surface area contributed by atoms with Gasteiger partial charge in [-0.25, -0.2) is 13.4 Å². The molecule has 0 saturated carbocycles. The zero-order chi connectivity index (χ0) is 20.6. The van der Waals surface area contributed by atoms with Gasteiger partial charge in [-0.1, -0.05) is 23.7 Å². The highest BCUT2D eigenvalue weighted by molar-refractivity contribution is 7.92. The molecule has 0 fully saturated rings. The summed E-state index contributed by atoms with van der Waals surface area (Å²) in [4.78, 5) is 20.4. The van der Waals surface area contributed by atoms with E-state index in [1.807, 2.05) is 12.1 Å². The first-order valence-corrected chi connectivity index (χ1v) is 10.9. The second-order valence-electron chi connectivity index (χ2n) is 6.61. The molecule has 0 aliphatic carbocycles. The number of aromatic amines is 1. The Morgan fingerprint density at radius 1 is 1.07 bits per heavy atom. The van der Waals surface area contributed by atoms with Gasteiger partial charge in [0.15, 0.2) is 5.78 Å². The van der Waals surface area contributed by atoms with Crippen molar-refractivity contribution in [3.05, 3.63) is 83.1 Å². The maximum Gasteiger partial charge on any atom is 0.229 e. The lowest BCUT2D eigenvalue weighted by atomic mass is 10.0. The van der Waals surface area contributed by atoms with E-state index in [0.717, 1.165) is 17.4 Å². The fraction of sp³-hybridized carbons (Fsp3) is 0.0476. The molecule has 4 aromatic rings. The van der Waals surface area contributed by atoms with Crippen molar-refractivity contribution in [2.45, 2.75) is 0 Å². The highest BCUT2D eigenvalue weighted by Gasteiger charge is 2.16. The molecule has 0 atom stereocenters. The van der Waals surface area contributed by atoms with Crippen LogP contribution in [-0.2, 0) is 10.0 Å². The molecule has 6 nitrogen and oxygen atoms in total. The molecule has 8 heteroatoms. The van der Waals surface area contributed by atoms with E-state index in [9.17, 15) is 13.2 Å². The zero-order valence-electron chi connectivity index (χ0n) is 15.3. The number of sulfonamides is 1. The van der Waals surface area contributed by atoms with E-state index in [1.165, 1.54) is 0 Å². The molecule has 0 aliphatic heterocycles. The second-order valence-corrected chi connectivity index (χ2v) is 8.80. The molecule has 4 rings (SSSR count). The number of carbonyl (C=O) groups excluding carboxylic acids is 1. The van der Waals surface area contributed by atoms with Gasteiger partial charge in [-0.15, -0.1) is 0 Å². The maximum absolute atomic E-state index is 12.9. The predicted octanol–water partition coefficient (Wildman–Crippen LogP) is 4.49. The summed E-state index contributed by atoms with van der Waals surface area (Å²) in [7, 11) is -3.38. The third-order valence-electron chi connectivity index (χ3n) is 4.38. The molecule has 0 amide bonds. The molecule has 0 bridgehead atoms. The molecule has 0 spiro atoms. The van der Waals surface area contributed by atoms with E-state index in [4.69, 9.17) is 11.6 Å². The van der Waals surface area contributed by atoms with Crippen molar-refractivity contribution >= 4 is 44.1 Å². The molecular formula is C21H16ClN3O3S. The van der Waals surface area contributed by atoms with Gasteiger partial charge in [0.1, 0.15) is 5.65 Å². The lowest BCUT2D eigenvalue weighted by Crippen LogP contribution is -2.09. The molecule has 0 aliphatic rings. The molecular weight excluding hydrogens is 410 g/mol. The fourth-order valence-corrected chi connectivity index (χ4v) is 3.76. The van der Waals surface area contributed by atoms with E-state index in [2.05, 4.69) is 14.7 Å². The minimum absolute atomic E-state index is 0.139. The first kappa shape index (κ1) is 19.2. The highest BCUT2D eigenvalue weighted by Crippen LogP contribution is 2.28. The average molecular weight is 426 g/mol. The van der Waals surface area contributed by atoms with Crippen LogP contribution in [0.4, 0.5) is 5.69 Å². The number of hydrogen-bond donors (Lipinski definition) is 2. The number of fused-ring (bicyclic) bond motifs is 1. The van der Waals surface area contributed by atoms with Crippen molar-refractivity contribution in [1.82, 2.24) is 9.97 Å². The van der Waals surface area contributed by atoms with Crippen molar-refractivity contribution in [2.75, 3.05) is 11.0 Å². The normalized spacial score (nSPS) is 11.5. The molecule has 0 unspecified atom stereocenters. The number of anilines is 1. The topological polar surface area (TPSA) is 91.9 Å². The van der Waals surface area contributed by atoms with Crippen molar-refractivity contribution in [2.24, 2.45) is 0 Å². The first-order valence-electron chi connectivity index (χ1n) is 8.66. The summed E-state index contributed by atoms with van der Waals surface area (Å²) in [6, 6.07) is 15.6. The molecule has 2 aromatic heterocycles. The zero-order valence-corrected chi connectivity index (χ0v) is 16.9. The van der Waals surface area contributed by atoms with Crippen LogP contribution < -0.4 is 4.72 Å². The minimum atomic E-state index is -3.38. The Morgan fingerprint density at radius 3 is 2.55 bits per heavy atom. The van der Waals surface area contributed by atoms with E-state index >= 15 is 0 Å². The molecule has 146 valence electrons. The average Bonchev–Trinajstić information content (AvgIpc) is 3.10. The van der Waals surface area contributed by atoms with Crippen LogP contribution in [0, 0.1) is 0 Å². The molecule has 29 heavy (non-hydrogen) atoms. The van der Waals surface area contributed by atoms with Gasteiger partial charge in [-0.05, 0) is 48.0 Å². The van der Waals surface area contributed by atoms with Crippen LogP contribution in [0.3, 0.4) is 0 Å². The summed E-state index contributed by atoms with van der Waals surface area (Å²) in [5.74, 6) is -0.139. The van der Waals surface area contributed by atoms with Gasteiger partial charge < -0.3 is 4.98 Å². The van der Waals surface area contributed by atoms with Gasteiger partial charge >= 0.3 is 0 Å². The monoisotopic (exact) mass is 425 g/mol. The van der Waals surface area contributed by atoms with Gasteiger partial charge in [-0.3, -0.25) is 9.52 Å². The van der Waals surface area contributed by atoms with Gasteiger partial charge in [0.25, 0.3) is 0 Å². The Balaban J connectivity index is 1.75. The molecule has 2 N–H and O–H groups in total. The summed E-state index contributed by atoms with van der Waals surface area (Å²) < 4.78 is 25.4. The van der Waals surface area contributed by atoms with Crippen molar-refractivity contribution < 1.29 is 13.2 Å². The number of carbonyl (C=O) groups is 1. The molecule has 0 radical (unpaired) electrons. The summed E-state index contributed by atoms with van der Waals surface area (Å²) in [6.45, 7) is 0. The smallest absolute Gasteiger partial charge is 0.229 e. The maximum atomic E-state index is 12.9. The first-order chi connectivity index (χ1) is 13.8. The number of ketones is 1. The number of aromatic nitrogens is 2. The minimum Gasteiger partial charge on any atom is -0.345 e. The van der Waals surface area contributed by atoms with Gasteiger partial charge in [0, 0.05) is 45.2 Å². The van der Waals surface area contributed by atoms with Gasteiger partial charge in [0.2, 0.25) is 10.0 Å². The number of rotatable bonds is 5. The lowest BCUT2D eigenvalue weighted by molar-refractivity contribution is 0.104. The number of halogens is 1. The quantitative estimate of drug-likeness (QED) is 0.461. The third-order valence-corrected chi connectivity index (χ3v) is 5.24. The van der Waals surface area contributed by atoms with E-state index in [-0.39, 0.29) is 5.78 Å². The van der Waals surface area contributed by atoms with Crippen LogP contribution in [0.5, 0.6) is 0 Å². The Hall–Kier alpha value is -3.16. The van der Waals surface area contributed by atoms with Gasteiger partial charge in [0.05, 0.1) is 6.26 Å². The molecule has 2 heterocycles. The predicted molar refractivity (Wildman–Crippen MR) is 115 cm³/mol. The third kappa shape index (κ3) is 4.16. The van der Waals surface area contributed by atoms with Crippen molar-refractivity contribution in [3.63, 3.8) is 0 Å².